The van der Waals surface area contributed by atoms with Crippen LogP contribution < -0.4 is 0 Å². The van der Waals surface area contributed by atoms with E-state index in [0.29, 0.717) is 0 Å². The van der Waals surface area contributed by atoms with Crippen LogP contribution in [0, 0.1) is 0 Å². The van der Waals surface area contributed by atoms with Crippen LogP contribution in [0.1, 0.15) is 6.92 Å². The summed E-state index contributed by atoms with van der Waals surface area (Å²) < 4.78 is 4.88. The van der Waals surface area contributed by atoms with E-state index in [1.54, 1.807) is 6.92 Å². The Kier molecular flexibility index (Phi) is 1.51. The molecule has 1 heterocycles. The molecule has 1 saturated heterocycles. The smallest absolute Gasteiger partial charge is 0.108 e. The molecule has 0 unspecified atom stereocenters. The van der Waals surface area contributed by atoms with E-state index in [9.17, 15) is 0 Å². The van der Waals surface area contributed by atoms with Gasteiger partial charge in [0.15, 0.2) is 0 Å². The zero-order valence-electron chi connectivity index (χ0n) is 4.74. The minimum Gasteiger partial charge on any atom is -0.388 e. The summed E-state index contributed by atoms with van der Waals surface area (Å²) in [6, 6.07) is 0. The van der Waals surface area contributed by atoms with Gasteiger partial charge in [-0.1, -0.05) is 0 Å². The first-order valence-corrected chi connectivity index (χ1v) is 2.69. The van der Waals surface area contributed by atoms with E-state index in [2.05, 4.69) is 0 Å². The molecule has 3 heteroatoms. The second-order valence-electron chi connectivity index (χ2n) is 2.10. The van der Waals surface area contributed by atoms with E-state index >= 15 is 0 Å². The number of ether oxygens (including phenoxy) is 1. The van der Waals surface area contributed by atoms with Gasteiger partial charge in [0.05, 0.1) is 12.7 Å². The molecular weight excluding hydrogens is 108 g/mol. The zero-order valence-corrected chi connectivity index (χ0v) is 4.74. The molecule has 0 aromatic carbocycles. The molecule has 1 rings (SSSR count). The molecule has 0 amide bonds. The predicted octanol–water partition coefficient (Wildman–Crippen LogP) is -0.873. The van der Waals surface area contributed by atoms with Gasteiger partial charge in [0.1, 0.15) is 12.2 Å². The van der Waals surface area contributed by atoms with Crippen molar-refractivity contribution in [3.05, 3.63) is 0 Å². The minimum absolute atomic E-state index is 0.204. The fraction of sp³-hybridized carbons (Fsp3) is 1.00. The maximum atomic E-state index is 8.89. The van der Waals surface area contributed by atoms with Gasteiger partial charge in [0.2, 0.25) is 0 Å². The first-order valence-electron chi connectivity index (χ1n) is 2.69. The number of aliphatic hydroxyl groups excluding tert-OH is 2. The summed E-state index contributed by atoms with van der Waals surface area (Å²) in [5.41, 5.74) is 0. The number of hydrogen-bond acceptors (Lipinski definition) is 3. The highest BCUT2D eigenvalue weighted by Crippen LogP contribution is 2.12. The van der Waals surface area contributed by atoms with Gasteiger partial charge < -0.3 is 14.9 Å². The van der Waals surface area contributed by atoms with E-state index in [-0.39, 0.29) is 12.7 Å². The molecule has 0 bridgehead atoms. The normalized spacial score (nSPS) is 47.6. The molecule has 0 aromatic heterocycles. The van der Waals surface area contributed by atoms with Crippen LogP contribution in [0.4, 0.5) is 0 Å². The van der Waals surface area contributed by atoms with Gasteiger partial charge in [0, 0.05) is 0 Å². The Bertz CT molecular complexity index is 73.7. The Labute approximate surface area is 47.9 Å². The zero-order chi connectivity index (χ0) is 6.15. The Morgan fingerprint density at radius 2 is 2.12 bits per heavy atom. The quantitative estimate of drug-likeness (QED) is 0.434. The summed E-state index contributed by atoms with van der Waals surface area (Å²) in [5, 5.41) is 17.7. The van der Waals surface area contributed by atoms with E-state index in [1.165, 1.54) is 0 Å². The third-order valence-electron chi connectivity index (χ3n) is 1.41. The van der Waals surface area contributed by atoms with Gasteiger partial charge in [0.25, 0.3) is 0 Å². The summed E-state index contributed by atoms with van der Waals surface area (Å²) in [5.74, 6) is 0. The Balaban J connectivity index is 2.44. The lowest BCUT2D eigenvalue weighted by molar-refractivity contribution is 0.0318. The van der Waals surface area contributed by atoms with Crippen LogP contribution in [0.5, 0.6) is 0 Å². The predicted molar refractivity (Wildman–Crippen MR) is 27.4 cm³/mol. The SMILES string of the molecule is C[C@H]1OC[C@@H](O)[C@@H]1O. The van der Waals surface area contributed by atoms with E-state index in [4.69, 9.17) is 14.9 Å². The van der Waals surface area contributed by atoms with Crippen molar-refractivity contribution in [2.45, 2.75) is 25.2 Å². The van der Waals surface area contributed by atoms with E-state index < -0.39 is 12.2 Å². The molecule has 0 aromatic rings. The van der Waals surface area contributed by atoms with Crippen molar-refractivity contribution in [1.29, 1.82) is 0 Å². The number of aliphatic hydroxyl groups is 2. The summed E-state index contributed by atoms with van der Waals surface area (Å²) in [7, 11) is 0. The molecule has 3 nitrogen and oxygen atoms in total. The van der Waals surface area contributed by atoms with Crippen LogP contribution in [0.3, 0.4) is 0 Å². The molecular formula is C5H10O3. The fourth-order valence-electron chi connectivity index (χ4n) is 0.760. The summed E-state index contributed by atoms with van der Waals surface area (Å²) in [4.78, 5) is 0. The lowest BCUT2D eigenvalue weighted by Gasteiger charge is -2.07. The topological polar surface area (TPSA) is 49.7 Å². The van der Waals surface area contributed by atoms with E-state index in [0.717, 1.165) is 0 Å². The largest absolute Gasteiger partial charge is 0.388 e. The van der Waals surface area contributed by atoms with Gasteiger partial charge in [-0.3, -0.25) is 0 Å². The second-order valence-corrected chi connectivity index (χ2v) is 2.10. The monoisotopic (exact) mass is 118 g/mol. The van der Waals surface area contributed by atoms with Gasteiger partial charge in [-0.2, -0.15) is 0 Å². The molecule has 0 radical (unpaired) electrons. The van der Waals surface area contributed by atoms with Crippen LogP contribution in [0.15, 0.2) is 0 Å². The first kappa shape index (κ1) is 6.01. The highest BCUT2D eigenvalue weighted by Gasteiger charge is 2.30. The van der Waals surface area contributed by atoms with E-state index in [1.807, 2.05) is 0 Å². The van der Waals surface area contributed by atoms with Gasteiger partial charge >= 0.3 is 0 Å². The van der Waals surface area contributed by atoms with Crippen LogP contribution in [-0.2, 0) is 4.74 Å². The van der Waals surface area contributed by atoms with Crippen molar-refractivity contribution < 1.29 is 14.9 Å². The lowest BCUT2D eigenvalue weighted by atomic mass is 10.2. The molecule has 1 fully saturated rings. The lowest BCUT2D eigenvalue weighted by Crippen LogP contribution is -2.27. The van der Waals surface area contributed by atoms with Crippen molar-refractivity contribution in [3.63, 3.8) is 0 Å². The number of rotatable bonds is 0. The molecule has 0 saturated carbocycles. The summed E-state index contributed by atoms with van der Waals surface area (Å²) in [6.45, 7) is 2.00. The minimum atomic E-state index is -0.685. The molecule has 3 atom stereocenters. The van der Waals surface area contributed by atoms with Crippen molar-refractivity contribution in [2.24, 2.45) is 0 Å². The molecule has 1 aliphatic heterocycles. The Morgan fingerprint density at radius 3 is 2.25 bits per heavy atom. The summed E-state index contributed by atoms with van der Waals surface area (Å²) in [6.07, 6.45) is -1.56. The molecule has 0 aliphatic carbocycles. The second kappa shape index (κ2) is 2.01. The maximum Gasteiger partial charge on any atom is 0.108 e. The Hall–Kier alpha value is -0.120. The first-order chi connectivity index (χ1) is 3.72. The van der Waals surface area contributed by atoms with Gasteiger partial charge in [-0.25, -0.2) is 0 Å². The van der Waals surface area contributed by atoms with Crippen LogP contribution in [0.2, 0.25) is 0 Å². The van der Waals surface area contributed by atoms with Crippen molar-refractivity contribution in [1.82, 2.24) is 0 Å². The van der Waals surface area contributed by atoms with Gasteiger partial charge in [-0.15, -0.1) is 0 Å². The van der Waals surface area contributed by atoms with Crippen molar-refractivity contribution in [2.75, 3.05) is 6.61 Å². The van der Waals surface area contributed by atoms with Crippen molar-refractivity contribution in [3.8, 4) is 0 Å². The molecule has 2 N–H and O–H groups in total. The average molecular weight is 118 g/mol. The van der Waals surface area contributed by atoms with Crippen molar-refractivity contribution >= 4 is 0 Å². The summed E-state index contributed by atoms with van der Waals surface area (Å²) >= 11 is 0. The standard InChI is InChI=1S/C5H10O3/c1-3-5(7)4(6)2-8-3/h3-7H,2H2,1H3/t3-,4-,5-/m1/s1. The van der Waals surface area contributed by atoms with Crippen LogP contribution >= 0.6 is 0 Å². The molecule has 8 heavy (non-hydrogen) atoms. The highest BCUT2D eigenvalue weighted by atomic mass is 16.5. The molecule has 1 aliphatic rings. The van der Waals surface area contributed by atoms with Crippen LogP contribution in [-0.4, -0.2) is 35.1 Å². The Morgan fingerprint density at radius 1 is 1.50 bits per heavy atom. The van der Waals surface area contributed by atoms with Crippen LogP contribution in [0.25, 0.3) is 0 Å². The maximum absolute atomic E-state index is 8.89. The number of hydrogen-bond donors (Lipinski definition) is 2. The third-order valence-corrected chi connectivity index (χ3v) is 1.41. The highest BCUT2D eigenvalue weighted by molar-refractivity contribution is 4.79. The fourth-order valence-corrected chi connectivity index (χ4v) is 0.760. The van der Waals surface area contributed by atoms with Gasteiger partial charge in [-0.05, 0) is 6.92 Å². The molecule has 0 spiro atoms. The average Bonchev–Trinajstić information content (AvgIpc) is 1.98. The molecule has 48 valence electrons. The third kappa shape index (κ3) is 0.844.